The number of hydrogen-bond donors (Lipinski definition) is 2. The third-order valence-corrected chi connectivity index (χ3v) is 6.52. The molecule has 4 heterocycles. The fourth-order valence-corrected chi connectivity index (χ4v) is 5.23. The summed E-state index contributed by atoms with van der Waals surface area (Å²) in [5.41, 5.74) is 5.85. The first kappa shape index (κ1) is 16.8. The number of anilines is 1. The summed E-state index contributed by atoms with van der Waals surface area (Å²) in [5, 5.41) is 0.271. The maximum atomic E-state index is 15.1. The number of pyridine rings is 1. The normalized spacial score (nSPS) is 22.0. The molecule has 1 saturated heterocycles. The van der Waals surface area contributed by atoms with Crippen LogP contribution in [-0.4, -0.2) is 35.2 Å². The smallest absolute Gasteiger partial charge is 0.271 e. The van der Waals surface area contributed by atoms with E-state index >= 15 is 4.39 Å². The van der Waals surface area contributed by atoms with E-state index in [1.54, 1.807) is 0 Å². The number of rotatable bonds is 2. The van der Waals surface area contributed by atoms with Gasteiger partial charge in [0.15, 0.2) is 11.6 Å². The third-order valence-electron chi connectivity index (χ3n) is 5.64. The van der Waals surface area contributed by atoms with Gasteiger partial charge in [0, 0.05) is 13.1 Å². The molecular formula is C18H19FN4O3S. The Bertz CT molecular complexity index is 1200. The van der Waals surface area contributed by atoms with E-state index in [2.05, 4.69) is 4.37 Å². The maximum Gasteiger partial charge on any atom is 0.271 e. The van der Waals surface area contributed by atoms with Gasteiger partial charge < -0.3 is 19.9 Å². The number of nitrogens with zero attached hydrogens (tertiary/aromatic N) is 2. The lowest BCUT2D eigenvalue weighted by Gasteiger charge is -2.31. The van der Waals surface area contributed by atoms with Crippen molar-refractivity contribution in [3.05, 3.63) is 32.5 Å². The van der Waals surface area contributed by atoms with Crippen molar-refractivity contribution in [2.24, 2.45) is 11.7 Å². The first-order valence-electron chi connectivity index (χ1n) is 9.01. The third kappa shape index (κ3) is 2.21. The fourth-order valence-electron chi connectivity index (χ4n) is 4.28. The highest BCUT2D eigenvalue weighted by Gasteiger charge is 2.33. The van der Waals surface area contributed by atoms with Gasteiger partial charge in [-0.3, -0.25) is 14.0 Å². The van der Waals surface area contributed by atoms with Crippen LogP contribution < -0.4 is 26.4 Å². The van der Waals surface area contributed by atoms with Gasteiger partial charge in [-0.1, -0.05) is 0 Å². The first-order valence-corrected chi connectivity index (χ1v) is 9.82. The van der Waals surface area contributed by atoms with Crippen LogP contribution in [-0.2, 0) is 0 Å². The van der Waals surface area contributed by atoms with E-state index in [1.165, 1.54) is 6.07 Å². The van der Waals surface area contributed by atoms with Gasteiger partial charge in [0.25, 0.3) is 5.56 Å². The van der Waals surface area contributed by atoms with Gasteiger partial charge in [-0.15, -0.1) is 0 Å². The minimum absolute atomic E-state index is 0.0803. The summed E-state index contributed by atoms with van der Waals surface area (Å²) in [6.45, 7) is 4.22. The number of benzene rings is 1. The van der Waals surface area contributed by atoms with Crippen LogP contribution in [0.2, 0.25) is 0 Å². The molecule has 0 bridgehead atoms. The number of nitrogens with one attached hydrogen (secondary N) is 1. The van der Waals surface area contributed by atoms with Gasteiger partial charge in [0.05, 0.1) is 16.9 Å². The Balaban J connectivity index is 1.89. The highest BCUT2D eigenvalue weighted by atomic mass is 32.1. The van der Waals surface area contributed by atoms with Crippen LogP contribution in [0.15, 0.2) is 15.7 Å². The van der Waals surface area contributed by atoms with Crippen molar-refractivity contribution >= 4 is 38.3 Å². The molecule has 3 N–H and O–H groups in total. The molecule has 7 nitrogen and oxygen atoms in total. The molecular weight excluding hydrogens is 371 g/mol. The quantitative estimate of drug-likeness (QED) is 0.696. The zero-order valence-corrected chi connectivity index (χ0v) is 15.6. The van der Waals surface area contributed by atoms with Crippen LogP contribution in [0.5, 0.6) is 5.75 Å². The summed E-state index contributed by atoms with van der Waals surface area (Å²) in [6, 6.07) is 1.17. The number of halogens is 1. The zero-order valence-electron chi connectivity index (χ0n) is 14.8. The van der Waals surface area contributed by atoms with Crippen LogP contribution in [0.3, 0.4) is 0 Å². The molecule has 5 rings (SSSR count). The molecule has 2 unspecified atom stereocenters. The number of aromatic amines is 1. The number of fused-ring (bicyclic) bond motifs is 2. The van der Waals surface area contributed by atoms with Crippen LogP contribution in [0, 0.1) is 11.7 Å². The predicted molar refractivity (Wildman–Crippen MR) is 104 cm³/mol. The number of nitrogens with two attached hydrogens (primary N) is 1. The Hall–Kier alpha value is -2.39. The van der Waals surface area contributed by atoms with Gasteiger partial charge >= 0.3 is 0 Å². The van der Waals surface area contributed by atoms with Gasteiger partial charge in [-0.2, -0.15) is 0 Å². The lowest BCUT2D eigenvalue weighted by Crippen LogP contribution is -2.29. The summed E-state index contributed by atoms with van der Waals surface area (Å²) in [6.07, 6.45) is 0.898. The number of aromatic nitrogens is 2. The number of ether oxygens (including phenoxy) is 1. The molecule has 1 aromatic carbocycles. The van der Waals surface area contributed by atoms with Crippen LogP contribution in [0.25, 0.3) is 21.1 Å². The van der Waals surface area contributed by atoms with Crippen molar-refractivity contribution in [1.82, 2.24) is 8.94 Å². The molecule has 2 atom stereocenters. The Morgan fingerprint density at radius 1 is 1.44 bits per heavy atom. The van der Waals surface area contributed by atoms with Gasteiger partial charge in [-0.25, -0.2) is 4.39 Å². The lowest BCUT2D eigenvalue weighted by atomic mass is 10.1. The Kier molecular flexibility index (Phi) is 3.60. The molecule has 0 spiro atoms. The monoisotopic (exact) mass is 390 g/mol. The average molecular weight is 390 g/mol. The fraction of sp³-hybridized carbons (Fsp3) is 0.444. The standard InChI is InChI=1S/C18H19FN4O3S/c1-8-7-26-16-13-10(15(24)12-17(25)21-27-18(12)23(8)13)4-11(19)14(16)22-3-2-9(5-20)6-22/h4,8-9H,2-3,5-7,20H2,1H3,(H,21,25). The lowest BCUT2D eigenvalue weighted by molar-refractivity contribution is 0.250. The summed E-state index contributed by atoms with van der Waals surface area (Å²) in [7, 11) is 0. The van der Waals surface area contributed by atoms with E-state index in [0.717, 1.165) is 18.0 Å². The summed E-state index contributed by atoms with van der Waals surface area (Å²) in [5.74, 6) is 0.203. The second-order valence-electron chi connectivity index (χ2n) is 7.34. The van der Waals surface area contributed by atoms with Crippen molar-refractivity contribution in [3.8, 4) is 5.75 Å². The van der Waals surface area contributed by atoms with Crippen molar-refractivity contribution in [3.63, 3.8) is 0 Å². The zero-order chi connectivity index (χ0) is 18.9. The minimum atomic E-state index is -0.501. The second kappa shape index (κ2) is 5.80. The van der Waals surface area contributed by atoms with E-state index in [4.69, 9.17) is 10.5 Å². The summed E-state index contributed by atoms with van der Waals surface area (Å²) < 4.78 is 25.7. The molecule has 3 aromatic rings. The number of H-pyrrole nitrogens is 1. The molecule has 0 radical (unpaired) electrons. The predicted octanol–water partition coefficient (Wildman–Crippen LogP) is 1.78. The summed E-state index contributed by atoms with van der Waals surface area (Å²) >= 11 is 1.13. The SMILES string of the molecule is CC1COc2c(N3CCC(CN)C3)c(F)cc3c(=O)c4c(=O)[nH]sc4n1c23. The molecule has 0 amide bonds. The molecule has 2 aliphatic rings. The highest BCUT2D eigenvalue weighted by molar-refractivity contribution is 7.12. The maximum absolute atomic E-state index is 15.1. The molecule has 9 heteroatoms. The second-order valence-corrected chi connectivity index (χ2v) is 8.14. The molecule has 0 saturated carbocycles. The van der Waals surface area contributed by atoms with Gasteiger partial charge in [0.1, 0.15) is 22.5 Å². The molecule has 2 aromatic heterocycles. The molecule has 1 fully saturated rings. The Labute approximate surface area is 157 Å². The topological polar surface area (TPSA) is 93.3 Å². The van der Waals surface area contributed by atoms with Crippen molar-refractivity contribution in [1.29, 1.82) is 0 Å². The van der Waals surface area contributed by atoms with Crippen molar-refractivity contribution in [2.45, 2.75) is 19.4 Å². The molecule has 27 heavy (non-hydrogen) atoms. The number of hydrogen-bond acceptors (Lipinski definition) is 6. The van der Waals surface area contributed by atoms with Crippen LogP contribution in [0.1, 0.15) is 19.4 Å². The average Bonchev–Trinajstić information content (AvgIpc) is 3.27. The van der Waals surface area contributed by atoms with Crippen molar-refractivity contribution < 1.29 is 9.13 Å². The van der Waals surface area contributed by atoms with Crippen molar-refractivity contribution in [2.75, 3.05) is 31.1 Å². The Morgan fingerprint density at radius 3 is 3.00 bits per heavy atom. The summed E-state index contributed by atoms with van der Waals surface area (Å²) in [4.78, 5) is 27.6. The highest BCUT2D eigenvalue weighted by Crippen LogP contribution is 2.44. The van der Waals surface area contributed by atoms with Crippen LogP contribution in [0.4, 0.5) is 10.1 Å². The van der Waals surface area contributed by atoms with E-state index < -0.39 is 16.8 Å². The van der Waals surface area contributed by atoms with E-state index in [0.29, 0.717) is 53.9 Å². The van der Waals surface area contributed by atoms with E-state index in [-0.39, 0.29) is 16.8 Å². The van der Waals surface area contributed by atoms with Gasteiger partial charge in [0.2, 0.25) is 5.43 Å². The largest absolute Gasteiger partial charge is 0.487 e. The first-order chi connectivity index (χ1) is 13.0. The molecule has 0 aliphatic carbocycles. The molecule has 142 valence electrons. The Morgan fingerprint density at radius 2 is 2.26 bits per heavy atom. The molecule has 2 aliphatic heterocycles. The van der Waals surface area contributed by atoms with E-state index in [9.17, 15) is 9.59 Å². The van der Waals surface area contributed by atoms with E-state index in [1.807, 2.05) is 16.4 Å². The minimum Gasteiger partial charge on any atom is -0.487 e. The van der Waals surface area contributed by atoms with Gasteiger partial charge in [-0.05, 0) is 43.4 Å². The van der Waals surface area contributed by atoms with Crippen LogP contribution >= 0.6 is 11.5 Å².